The van der Waals surface area contributed by atoms with Crippen molar-refractivity contribution in [3.05, 3.63) is 23.8 Å². The van der Waals surface area contributed by atoms with Crippen LogP contribution in [0.1, 0.15) is 17.3 Å². The number of ether oxygens (including phenoxy) is 1. The van der Waals surface area contributed by atoms with Crippen LogP contribution >= 0.6 is 0 Å². The molecule has 0 aromatic heterocycles. The summed E-state index contributed by atoms with van der Waals surface area (Å²) >= 11 is 0. The Balaban J connectivity index is 3.07. The summed E-state index contributed by atoms with van der Waals surface area (Å²) in [7, 11) is 1.46. The molecule has 0 radical (unpaired) electrons. The molecule has 2 N–H and O–H groups in total. The van der Waals surface area contributed by atoms with Crippen molar-refractivity contribution in [1.82, 2.24) is 5.06 Å². The van der Waals surface area contributed by atoms with Crippen LogP contribution in [0.5, 0.6) is 11.5 Å². The number of phenols is 1. The molecule has 5 nitrogen and oxygen atoms in total. The molecule has 5 heteroatoms. The first-order chi connectivity index (χ1) is 7.10. The van der Waals surface area contributed by atoms with Gasteiger partial charge in [-0.05, 0) is 25.1 Å². The Bertz CT molecular complexity index is 364. The molecule has 0 aliphatic rings. The van der Waals surface area contributed by atoms with Gasteiger partial charge in [0.05, 0.1) is 12.7 Å². The fraction of sp³-hybridized carbons (Fsp3) is 0.300. The van der Waals surface area contributed by atoms with Gasteiger partial charge in [0.25, 0.3) is 5.91 Å². The average molecular weight is 211 g/mol. The van der Waals surface area contributed by atoms with Crippen LogP contribution in [0.25, 0.3) is 0 Å². The second kappa shape index (κ2) is 4.65. The monoisotopic (exact) mass is 211 g/mol. The highest BCUT2D eigenvalue weighted by molar-refractivity contribution is 5.96. The Morgan fingerprint density at radius 3 is 2.73 bits per heavy atom. The van der Waals surface area contributed by atoms with Crippen LogP contribution < -0.4 is 4.74 Å². The van der Waals surface area contributed by atoms with Gasteiger partial charge in [-0.25, -0.2) is 5.06 Å². The van der Waals surface area contributed by atoms with Crippen LogP contribution in [-0.4, -0.2) is 34.9 Å². The number of carbonyl (C=O) groups excluding carboxylic acids is 1. The van der Waals surface area contributed by atoms with Crippen LogP contribution in [0.3, 0.4) is 0 Å². The summed E-state index contributed by atoms with van der Waals surface area (Å²) in [6.07, 6.45) is 0. The lowest BCUT2D eigenvalue weighted by atomic mass is 10.1. The molecular formula is C10H13NO4. The van der Waals surface area contributed by atoms with Gasteiger partial charge in [0.1, 0.15) is 11.5 Å². The third kappa shape index (κ3) is 2.38. The van der Waals surface area contributed by atoms with Crippen molar-refractivity contribution in [2.24, 2.45) is 0 Å². The Kier molecular flexibility index (Phi) is 3.51. The molecule has 1 rings (SSSR count). The fourth-order valence-corrected chi connectivity index (χ4v) is 1.10. The van der Waals surface area contributed by atoms with Gasteiger partial charge in [0, 0.05) is 6.54 Å². The van der Waals surface area contributed by atoms with Gasteiger partial charge in [-0.1, -0.05) is 0 Å². The summed E-state index contributed by atoms with van der Waals surface area (Å²) in [6.45, 7) is 1.77. The second-order valence-corrected chi connectivity index (χ2v) is 2.90. The molecule has 0 bridgehead atoms. The van der Waals surface area contributed by atoms with Crippen molar-refractivity contribution in [3.63, 3.8) is 0 Å². The third-order valence-corrected chi connectivity index (χ3v) is 1.97. The van der Waals surface area contributed by atoms with E-state index >= 15 is 0 Å². The molecule has 0 heterocycles. The van der Waals surface area contributed by atoms with Crippen molar-refractivity contribution < 1.29 is 19.8 Å². The van der Waals surface area contributed by atoms with Gasteiger partial charge < -0.3 is 9.84 Å². The molecule has 82 valence electrons. The molecule has 0 fully saturated rings. The third-order valence-electron chi connectivity index (χ3n) is 1.97. The lowest BCUT2D eigenvalue weighted by Crippen LogP contribution is -2.27. The molecule has 1 aromatic carbocycles. The largest absolute Gasteiger partial charge is 0.507 e. The van der Waals surface area contributed by atoms with Crippen LogP contribution in [0.15, 0.2) is 18.2 Å². The molecule has 0 saturated heterocycles. The minimum atomic E-state index is -0.658. The average Bonchev–Trinajstić information content (AvgIpc) is 2.27. The zero-order valence-corrected chi connectivity index (χ0v) is 8.60. The first kappa shape index (κ1) is 11.3. The van der Waals surface area contributed by atoms with E-state index in [0.29, 0.717) is 10.8 Å². The normalized spacial score (nSPS) is 9.80. The number of aromatic hydroxyl groups is 1. The lowest BCUT2D eigenvalue weighted by Gasteiger charge is -2.13. The van der Waals surface area contributed by atoms with E-state index in [1.54, 1.807) is 6.92 Å². The van der Waals surface area contributed by atoms with Crippen LogP contribution in [0.2, 0.25) is 0 Å². The van der Waals surface area contributed by atoms with E-state index in [1.165, 1.54) is 25.3 Å². The molecule has 0 unspecified atom stereocenters. The number of methoxy groups -OCH3 is 1. The summed E-state index contributed by atoms with van der Waals surface area (Å²) in [6, 6.07) is 4.24. The van der Waals surface area contributed by atoms with Crippen molar-refractivity contribution in [2.45, 2.75) is 6.92 Å². The standard InChI is InChI=1S/C10H13NO4/c1-3-11(14)10(13)8-6-7(15-2)4-5-9(8)12/h4-6,12,14H,3H2,1-2H3. The minimum absolute atomic E-state index is 0.0127. The van der Waals surface area contributed by atoms with E-state index in [-0.39, 0.29) is 17.9 Å². The van der Waals surface area contributed by atoms with E-state index in [0.717, 1.165) is 0 Å². The molecule has 0 saturated carbocycles. The SMILES string of the molecule is CCN(O)C(=O)c1cc(OC)ccc1O. The molecule has 0 spiro atoms. The zero-order chi connectivity index (χ0) is 11.4. The first-order valence-electron chi connectivity index (χ1n) is 4.48. The molecule has 0 aliphatic carbocycles. The van der Waals surface area contributed by atoms with Gasteiger partial charge in [0.15, 0.2) is 0 Å². The lowest BCUT2D eigenvalue weighted by molar-refractivity contribution is -0.0543. The Morgan fingerprint density at radius 2 is 2.20 bits per heavy atom. The van der Waals surface area contributed by atoms with E-state index in [4.69, 9.17) is 4.74 Å². The maximum Gasteiger partial charge on any atom is 0.281 e. The van der Waals surface area contributed by atoms with Crippen LogP contribution in [0.4, 0.5) is 0 Å². The predicted molar refractivity (Wildman–Crippen MR) is 53.2 cm³/mol. The molecule has 1 amide bonds. The highest BCUT2D eigenvalue weighted by Gasteiger charge is 2.16. The van der Waals surface area contributed by atoms with E-state index in [1.807, 2.05) is 0 Å². The van der Waals surface area contributed by atoms with E-state index in [9.17, 15) is 15.1 Å². The second-order valence-electron chi connectivity index (χ2n) is 2.90. The summed E-state index contributed by atoms with van der Waals surface area (Å²) < 4.78 is 4.91. The fourth-order valence-electron chi connectivity index (χ4n) is 1.10. The van der Waals surface area contributed by atoms with Gasteiger partial charge in [0.2, 0.25) is 0 Å². The minimum Gasteiger partial charge on any atom is -0.507 e. The molecule has 0 atom stereocenters. The van der Waals surface area contributed by atoms with Crippen molar-refractivity contribution >= 4 is 5.91 Å². The Morgan fingerprint density at radius 1 is 1.53 bits per heavy atom. The van der Waals surface area contributed by atoms with Crippen molar-refractivity contribution in [2.75, 3.05) is 13.7 Å². The topological polar surface area (TPSA) is 70.0 Å². The Hall–Kier alpha value is -1.75. The van der Waals surface area contributed by atoms with Crippen LogP contribution in [0, 0.1) is 0 Å². The number of hydroxylamine groups is 2. The Labute approximate surface area is 87.5 Å². The number of hydrogen-bond donors (Lipinski definition) is 2. The quantitative estimate of drug-likeness (QED) is 0.583. The van der Waals surface area contributed by atoms with Gasteiger partial charge >= 0.3 is 0 Å². The maximum absolute atomic E-state index is 11.5. The van der Waals surface area contributed by atoms with Crippen molar-refractivity contribution in [1.29, 1.82) is 0 Å². The smallest absolute Gasteiger partial charge is 0.281 e. The number of benzene rings is 1. The summed E-state index contributed by atoms with van der Waals surface area (Å²) in [5.74, 6) is -0.400. The molecule has 0 aliphatic heterocycles. The number of rotatable bonds is 3. The van der Waals surface area contributed by atoms with E-state index in [2.05, 4.69) is 0 Å². The molecule has 1 aromatic rings. The first-order valence-corrected chi connectivity index (χ1v) is 4.48. The van der Waals surface area contributed by atoms with Crippen molar-refractivity contribution in [3.8, 4) is 11.5 Å². The zero-order valence-electron chi connectivity index (χ0n) is 8.60. The van der Waals surface area contributed by atoms with Gasteiger partial charge in [-0.3, -0.25) is 10.0 Å². The number of phenolic OH excluding ortho intramolecular Hbond substituents is 1. The van der Waals surface area contributed by atoms with Gasteiger partial charge in [-0.2, -0.15) is 0 Å². The van der Waals surface area contributed by atoms with Gasteiger partial charge in [-0.15, -0.1) is 0 Å². The summed E-state index contributed by atoms with van der Waals surface area (Å²) in [5, 5.41) is 19.2. The molecular weight excluding hydrogens is 198 g/mol. The number of hydrogen-bond acceptors (Lipinski definition) is 4. The maximum atomic E-state index is 11.5. The van der Waals surface area contributed by atoms with E-state index < -0.39 is 5.91 Å². The number of amides is 1. The number of nitrogens with zero attached hydrogens (tertiary/aromatic N) is 1. The highest BCUT2D eigenvalue weighted by atomic mass is 16.5. The predicted octanol–water partition coefficient (Wildman–Crippen LogP) is 1.25. The summed E-state index contributed by atoms with van der Waals surface area (Å²) in [4.78, 5) is 11.5. The summed E-state index contributed by atoms with van der Waals surface area (Å²) in [5.41, 5.74) is 0.0127. The highest BCUT2D eigenvalue weighted by Crippen LogP contribution is 2.23. The number of carbonyl (C=O) groups is 1. The van der Waals surface area contributed by atoms with Crippen LogP contribution in [-0.2, 0) is 0 Å². The molecule has 15 heavy (non-hydrogen) atoms.